The number of carbonyl (C=O) groups excluding carboxylic acids is 2. The number of hydrogen-bond acceptors (Lipinski definition) is 2. The normalized spacial score (nSPS) is 22.4. The third-order valence-corrected chi connectivity index (χ3v) is 5.02. The van der Waals surface area contributed by atoms with Gasteiger partial charge in [-0.05, 0) is 31.0 Å². The Morgan fingerprint density at radius 1 is 1.05 bits per heavy atom. The first-order chi connectivity index (χ1) is 9.62. The van der Waals surface area contributed by atoms with Crippen molar-refractivity contribution in [2.45, 2.75) is 44.9 Å². The molecule has 0 radical (unpaired) electrons. The van der Waals surface area contributed by atoms with Gasteiger partial charge in [0.15, 0.2) is 0 Å². The topological polar surface area (TPSA) is 37.4 Å². The van der Waals surface area contributed by atoms with E-state index in [9.17, 15) is 9.59 Å². The van der Waals surface area contributed by atoms with Gasteiger partial charge in [0, 0.05) is 10.9 Å². The zero-order valence-electron chi connectivity index (χ0n) is 11.4. The van der Waals surface area contributed by atoms with Crippen LogP contribution in [0.5, 0.6) is 0 Å². The molecule has 1 aromatic carbocycles. The smallest absolute Gasteiger partial charge is 0.240 e. The van der Waals surface area contributed by atoms with E-state index in [2.05, 4.69) is 15.9 Å². The van der Waals surface area contributed by atoms with E-state index in [1.807, 2.05) is 24.3 Å². The molecule has 0 aromatic heterocycles. The minimum Gasteiger partial charge on any atom is -0.274 e. The molecule has 0 N–H and O–H groups in total. The van der Waals surface area contributed by atoms with Crippen molar-refractivity contribution < 1.29 is 9.59 Å². The lowest BCUT2D eigenvalue weighted by atomic mass is 9.79. The van der Waals surface area contributed by atoms with Gasteiger partial charge in [-0.25, -0.2) is 0 Å². The van der Waals surface area contributed by atoms with Crippen LogP contribution in [0.2, 0.25) is 0 Å². The monoisotopic (exact) mass is 335 g/mol. The summed E-state index contributed by atoms with van der Waals surface area (Å²) in [5, 5.41) is 0. The summed E-state index contributed by atoms with van der Waals surface area (Å²) in [5.74, 6) is -0.0301. The molecule has 0 atom stereocenters. The van der Waals surface area contributed by atoms with Gasteiger partial charge in [0.25, 0.3) is 0 Å². The molecule has 2 fully saturated rings. The molecule has 3 rings (SSSR count). The molecule has 1 saturated carbocycles. The fraction of sp³-hybridized carbons (Fsp3) is 0.500. The summed E-state index contributed by atoms with van der Waals surface area (Å²) < 4.78 is 0.886. The average Bonchev–Trinajstić information content (AvgIpc) is 2.58. The molecule has 2 amide bonds. The molecular formula is C16H18BrNO2. The number of hydrogen-bond donors (Lipinski definition) is 0. The summed E-state index contributed by atoms with van der Waals surface area (Å²) >= 11 is 3.40. The number of imide groups is 1. The van der Waals surface area contributed by atoms with Crippen LogP contribution in [0.15, 0.2) is 28.7 Å². The van der Waals surface area contributed by atoms with Crippen LogP contribution in [-0.2, 0) is 9.59 Å². The quantitative estimate of drug-likeness (QED) is 0.726. The van der Waals surface area contributed by atoms with Crippen LogP contribution < -0.4 is 4.90 Å². The van der Waals surface area contributed by atoms with Gasteiger partial charge in [-0.15, -0.1) is 0 Å². The van der Waals surface area contributed by atoms with Gasteiger partial charge in [0.05, 0.1) is 11.1 Å². The van der Waals surface area contributed by atoms with Crippen LogP contribution in [0.3, 0.4) is 0 Å². The lowest BCUT2D eigenvalue weighted by Crippen LogP contribution is -2.35. The third kappa shape index (κ3) is 2.30. The Hall–Kier alpha value is -1.16. The predicted octanol–water partition coefficient (Wildman–Crippen LogP) is 4.05. The molecule has 20 heavy (non-hydrogen) atoms. The molecule has 1 heterocycles. The summed E-state index contributed by atoms with van der Waals surface area (Å²) in [7, 11) is 0. The van der Waals surface area contributed by atoms with Crippen LogP contribution in [0.4, 0.5) is 5.69 Å². The van der Waals surface area contributed by atoms with Crippen molar-refractivity contribution in [2.75, 3.05) is 4.90 Å². The highest BCUT2D eigenvalue weighted by Crippen LogP contribution is 2.45. The molecule has 0 unspecified atom stereocenters. The number of anilines is 1. The van der Waals surface area contributed by atoms with E-state index >= 15 is 0 Å². The number of rotatable bonds is 1. The van der Waals surface area contributed by atoms with Crippen molar-refractivity contribution >= 4 is 33.4 Å². The summed E-state index contributed by atoms with van der Waals surface area (Å²) in [6, 6.07) is 7.43. The fourth-order valence-electron chi connectivity index (χ4n) is 3.47. The SMILES string of the molecule is O=C1CC2(CCCCCC2)C(=O)N1c1cccc(Br)c1. The standard InChI is InChI=1S/C16H18BrNO2/c17-12-6-5-7-13(10-12)18-14(19)11-16(15(18)20)8-3-1-2-4-9-16/h5-7,10H,1-4,8-9,11H2. The maximum atomic E-state index is 12.8. The van der Waals surface area contributed by atoms with Crippen molar-refractivity contribution in [1.29, 1.82) is 0 Å². The van der Waals surface area contributed by atoms with Crippen LogP contribution >= 0.6 is 15.9 Å². The summed E-state index contributed by atoms with van der Waals surface area (Å²) in [5.41, 5.74) is 0.270. The fourth-order valence-corrected chi connectivity index (χ4v) is 3.85. The highest BCUT2D eigenvalue weighted by molar-refractivity contribution is 9.10. The Morgan fingerprint density at radius 3 is 2.40 bits per heavy atom. The maximum Gasteiger partial charge on any atom is 0.240 e. The highest BCUT2D eigenvalue weighted by atomic mass is 79.9. The molecule has 1 aliphatic carbocycles. The van der Waals surface area contributed by atoms with Crippen LogP contribution in [0.1, 0.15) is 44.9 Å². The second-order valence-electron chi connectivity index (χ2n) is 5.89. The van der Waals surface area contributed by atoms with E-state index in [0.29, 0.717) is 12.1 Å². The third-order valence-electron chi connectivity index (χ3n) is 4.52. The van der Waals surface area contributed by atoms with E-state index in [1.54, 1.807) is 0 Å². The zero-order chi connectivity index (χ0) is 14.2. The van der Waals surface area contributed by atoms with Crippen molar-refractivity contribution in [3.8, 4) is 0 Å². The Morgan fingerprint density at radius 2 is 1.75 bits per heavy atom. The predicted molar refractivity (Wildman–Crippen MR) is 81.4 cm³/mol. The van der Waals surface area contributed by atoms with Gasteiger partial charge in [0.2, 0.25) is 11.8 Å². The number of amides is 2. The van der Waals surface area contributed by atoms with E-state index in [4.69, 9.17) is 0 Å². The van der Waals surface area contributed by atoms with Crippen molar-refractivity contribution in [3.05, 3.63) is 28.7 Å². The molecular weight excluding hydrogens is 318 g/mol. The molecule has 1 aromatic rings. The van der Waals surface area contributed by atoms with Gasteiger partial charge < -0.3 is 0 Å². The molecule has 106 valence electrons. The second-order valence-corrected chi connectivity index (χ2v) is 6.80. The van der Waals surface area contributed by atoms with Crippen LogP contribution in [0.25, 0.3) is 0 Å². The average molecular weight is 336 g/mol. The minimum absolute atomic E-state index is 0.0162. The van der Waals surface area contributed by atoms with Gasteiger partial charge in [-0.2, -0.15) is 0 Å². The van der Waals surface area contributed by atoms with Crippen molar-refractivity contribution in [2.24, 2.45) is 5.41 Å². The zero-order valence-corrected chi connectivity index (χ0v) is 13.0. The highest BCUT2D eigenvalue weighted by Gasteiger charge is 2.51. The lowest BCUT2D eigenvalue weighted by Gasteiger charge is -2.25. The van der Waals surface area contributed by atoms with Crippen molar-refractivity contribution in [3.63, 3.8) is 0 Å². The molecule has 4 heteroatoms. The summed E-state index contributed by atoms with van der Waals surface area (Å²) in [6.45, 7) is 0. The van der Waals surface area contributed by atoms with E-state index in [1.165, 1.54) is 17.7 Å². The van der Waals surface area contributed by atoms with E-state index < -0.39 is 5.41 Å². The number of benzene rings is 1. The molecule has 0 bridgehead atoms. The number of halogens is 1. The Bertz CT molecular complexity index is 547. The summed E-state index contributed by atoms with van der Waals surface area (Å²) in [4.78, 5) is 26.6. The van der Waals surface area contributed by atoms with Crippen LogP contribution in [-0.4, -0.2) is 11.8 Å². The summed E-state index contributed by atoms with van der Waals surface area (Å²) in [6.07, 6.45) is 6.60. The molecule has 1 aliphatic heterocycles. The molecule has 1 saturated heterocycles. The number of carbonyl (C=O) groups is 2. The van der Waals surface area contributed by atoms with Gasteiger partial charge in [-0.3, -0.25) is 14.5 Å². The molecule has 1 spiro atoms. The largest absolute Gasteiger partial charge is 0.274 e. The Balaban J connectivity index is 1.94. The first kappa shape index (κ1) is 13.8. The Labute approximate surface area is 127 Å². The maximum absolute atomic E-state index is 12.8. The van der Waals surface area contributed by atoms with Gasteiger partial charge >= 0.3 is 0 Å². The second kappa shape index (κ2) is 5.32. The van der Waals surface area contributed by atoms with Crippen LogP contribution in [0, 0.1) is 5.41 Å². The van der Waals surface area contributed by atoms with Gasteiger partial charge in [-0.1, -0.05) is 47.7 Å². The van der Waals surface area contributed by atoms with Gasteiger partial charge in [0.1, 0.15) is 0 Å². The Kier molecular flexibility index (Phi) is 3.67. The van der Waals surface area contributed by atoms with E-state index in [-0.39, 0.29) is 11.8 Å². The minimum atomic E-state index is -0.421. The number of nitrogens with zero attached hydrogens (tertiary/aromatic N) is 1. The first-order valence-corrected chi connectivity index (χ1v) is 8.05. The molecule has 2 aliphatic rings. The molecule has 3 nitrogen and oxygen atoms in total. The van der Waals surface area contributed by atoms with Crippen molar-refractivity contribution in [1.82, 2.24) is 0 Å². The van der Waals surface area contributed by atoms with E-state index in [0.717, 1.165) is 30.2 Å². The lowest BCUT2D eigenvalue weighted by molar-refractivity contribution is -0.126. The first-order valence-electron chi connectivity index (χ1n) is 7.25.